The molecule has 3 N–H and O–H groups in total. The van der Waals surface area contributed by atoms with Gasteiger partial charge in [0.1, 0.15) is 13.1 Å². The molecule has 0 aliphatic rings. The average Bonchev–Trinajstić information content (AvgIpc) is 2.53. The molecule has 8 nitrogen and oxygen atoms in total. The Labute approximate surface area is 156 Å². The third-order valence-electron chi connectivity index (χ3n) is 3.65. The molecule has 0 fully saturated rings. The van der Waals surface area contributed by atoms with Gasteiger partial charge in [0.25, 0.3) is 0 Å². The zero-order valence-electron chi connectivity index (χ0n) is 15.6. The van der Waals surface area contributed by atoms with Crippen LogP contribution < -0.4 is 0 Å². The Morgan fingerprint density at radius 3 is 1.92 bits per heavy atom. The van der Waals surface area contributed by atoms with Crippen LogP contribution in [0.5, 0.6) is 0 Å². The van der Waals surface area contributed by atoms with Crippen LogP contribution in [0.4, 0.5) is 0 Å². The smallest absolute Gasteiger partial charge is 0.104 e. The number of benzene rings is 1. The zero-order valence-corrected chi connectivity index (χ0v) is 16.4. The third-order valence-corrected chi connectivity index (χ3v) is 4.33. The fourth-order valence-electron chi connectivity index (χ4n) is 2.29. The predicted octanol–water partition coefficient (Wildman–Crippen LogP) is -0.926. The molecular formula is C17H32N2O6S. The molecule has 26 heavy (non-hydrogen) atoms. The van der Waals surface area contributed by atoms with Crippen molar-refractivity contribution in [2.75, 3.05) is 65.8 Å². The number of quaternary nitrogens is 1. The van der Waals surface area contributed by atoms with Crippen molar-refractivity contribution in [1.29, 1.82) is 0 Å². The van der Waals surface area contributed by atoms with Gasteiger partial charge in [0.05, 0.1) is 49.8 Å². The van der Waals surface area contributed by atoms with E-state index in [2.05, 4.69) is 26.2 Å². The molecule has 0 radical (unpaired) electrons. The molecule has 1 aromatic rings. The molecule has 0 saturated heterocycles. The van der Waals surface area contributed by atoms with E-state index in [1.165, 1.54) is 10.5 Å². The highest BCUT2D eigenvalue weighted by Crippen LogP contribution is 2.07. The highest BCUT2D eigenvalue weighted by molar-refractivity contribution is 7.85. The first-order valence-corrected chi connectivity index (χ1v) is 10.1. The quantitative estimate of drug-likeness (QED) is 0.329. The Kier molecular flexibility index (Phi) is 12.6. The highest BCUT2D eigenvalue weighted by Gasteiger charge is 2.14. The van der Waals surface area contributed by atoms with E-state index in [0.29, 0.717) is 0 Å². The van der Waals surface area contributed by atoms with Gasteiger partial charge in [-0.25, -0.2) is 8.42 Å². The van der Waals surface area contributed by atoms with Gasteiger partial charge >= 0.3 is 0 Å². The minimum atomic E-state index is -4.21. The van der Waals surface area contributed by atoms with Gasteiger partial charge in [-0.3, -0.25) is 4.90 Å². The van der Waals surface area contributed by atoms with Crippen LogP contribution in [0.25, 0.3) is 0 Å². The van der Waals surface area contributed by atoms with Gasteiger partial charge in [-0.15, -0.1) is 0 Å². The third kappa shape index (κ3) is 14.1. The van der Waals surface area contributed by atoms with E-state index in [-0.39, 0.29) is 39.5 Å². The Balaban J connectivity index is 0.000000481. The summed E-state index contributed by atoms with van der Waals surface area (Å²) in [6.45, 7) is 2.34. The SMILES string of the molecule is C[N+](C)(CCO)Cc1ccccc1.O=S(=O)([O-])CCN(CCO)CCO. The molecule has 0 heterocycles. The summed E-state index contributed by atoms with van der Waals surface area (Å²) in [6, 6.07) is 10.4. The molecule has 0 aliphatic carbocycles. The maximum absolute atomic E-state index is 10.2. The summed E-state index contributed by atoms with van der Waals surface area (Å²) in [5.74, 6) is -0.493. The molecule has 0 bridgehead atoms. The Bertz CT molecular complexity index is 560. The minimum absolute atomic E-state index is 0.0486. The van der Waals surface area contributed by atoms with Crippen molar-refractivity contribution >= 4 is 10.1 Å². The largest absolute Gasteiger partial charge is 0.748 e. The van der Waals surface area contributed by atoms with E-state index in [1.807, 2.05) is 18.2 Å². The first-order chi connectivity index (χ1) is 12.1. The summed E-state index contributed by atoms with van der Waals surface area (Å²) in [4.78, 5) is 1.51. The van der Waals surface area contributed by atoms with Crippen LogP contribution in [-0.4, -0.2) is 104 Å². The summed E-state index contributed by atoms with van der Waals surface area (Å²) >= 11 is 0. The van der Waals surface area contributed by atoms with E-state index in [1.54, 1.807) is 0 Å². The lowest BCUT2D eigenvalue weighted by Gasteiger charge is -2.28. The van der Waals surface area contributed by atoms with Gasteiger partial charge in [-0.05, 0) is 0 Å². The van der Waals surface area contributed by atoms with Crippen LogP contribution in [0, 0.1) is 0 Å². The molecule has 1 aromatic carbocycles. The Hall–Kier alpha value is -1.07. The van der Waals surface area contributed by atoms with Crippen molar-refractivity contribution in [3.63, 3.8) is 0 Å². The zero-order chi connectivity index (χ0) is 20.1. The normalized spacial score (nSPS) is 12.0. The Morgan fingerprint density at radius 1 is 0.962 bits per heavy atom. The summed E-state index contributed by atoms with van der Waals surface area (Å²) in [5, 5.41) is 25.9. The van der Waals surface area contributed by atoms with Crippen LogP contribution in [0.15, 0.2) is 30.3 Å². The lowest BCUT2D eigenvalue weighted by atomic mass is 10.2. The highest BCUT2D eigenvalue weighted by atomic mass is 32.2. The molecule has 152 valence electrons. The van der Waals surface area contributed by atoms with Crippen molar-refractivity contribution < 1.29 is 32.8 Å². The summed E-state index contributed by atoms with van der Waals surface area (Å²) in [5.41, 5.74) is 1.32. The van der Waals surface area contributed by atoms with Crippen molar-refractivity contribution in [3.05, 3.63) is 35.9 Å². The van der Waals surface area contributed by atoms with Gasteiger partial charge in [0.2, 0.25) is 0 Å². The van der Waals surface area contributed by atoms with Crippen molar-refractivity contribution in [2.24, 2.45) is 0 Å². The number of hydrogen-bond acceptors (Lipinski definition) is 7. The van der Waals surface area contributed by atoms with E-state index in [0.717, 1.165) is 17.6 Å². The monoisotopic (exact) mass is 392 g/mol. The van der Waals surface area contributed by atoms with E-state index < -0.39 is 15.9 Å². The molecule has 0 spiro atoms. The lowest BCUT2D eigenvalue weighted by Crippen LogP contribution is -2.40. The Morgan fingerprint density at radius 2 is 1.50 bits per heavy atom. The first kappa shape index (κ1) is 24.9. The summed E-state index contributed by atoms with van der Waals surface area (Å²) < 4.78 is 31.5. The molecule has 0 unspecified atom stereocenters. The van der Waals surface area contributed by atoms with Gasteiger partial charge in [-0.1, -0.05) is 30.3 Å². The second kappa shape index (κ2) is 13.2. The number of likely N-dealkylation sites (N-methyl/N-ethyl adjacent to an activating group) is 1. The fraction of sp³-hybridized carbons (Fsp3) is 0.647. The number of hydrogen-bond donors (Lipinski definition) is 3. The lowest BCUT2D eigenvalue weighted by molar-refractivity contribution is -0.903. The molecule has 0 amide bonds. The first-order valence-electron chi connectivity index (χ1n) is 8.48. The standard InChI is InChI=1S/C11H18NO.C6H15NO5S/c1-12(2,8-9-13)10-11-6-4-3-5-7-11;8-4-1-7(2-5-9)3-6-13(10,11)12/h3-7,13H,8-10H2,1-2H3;8-9H,1-6H2,(H,10,11,12)/q+1;/p-1. The van der Waals surface area contributed by atoms with Gasteiger partial charge in [-0.2, -0.15) is 0 Å². The predicted molar refractivity (Wildman–Crippen MR) is 99.4 cm³/mol. The number of rotatable bonds is 11. The second-order valence-electron chi connectivity index (χ2n) is 6.58. The molecular weight excluding hydrogens is 360 g/mol. The average molecular weight is 393 g/mol. The number of aliphatic hydroxyl groups excluding tert-OH is 3. The maximum Gasteiger partial charge on any atom is 0.104 e. The molecule has 9 heteroatoms. The molecule has 0 atom stereocenters. The van der Waals surface area contributed by atoms with Gasteiger partial charge in [0.15, 0.2) is 0 Å². The topological polar surface area (TPSA) is 121 Å². The minimum Gasteiger partial charge on any atom is -0.748 e. The van der Waals surface area contributed by atoms with E-state index in [4.69, 9.17) is 15.3 Å². The van der Waals surface area contributed by atoms with Crippen LogP contribution >= 0.6 is 0 Å². The number of aliphatic hydroxyl groups is 3. The van der Waals surface area contributed by atoms with Gasteiger partial charge in [0, 0.05) is 25.2 Å². The second-order valence-corrected chi connectivity index (χ2v) is 8.10. The van der Waals surface area contributed by atoms with Crippen LogP contribution in [0.3, 0.4) is 0 Å². The van der Waals surface area contributed by atoms with Gasteiger partial charge < -0.3 is 24.4 Å². The van der Waals surface area contributed by atoms with Crippen LogP contribution in [0.1, 0.15) is 5.56 Å². The van der Waals surface area contributed by atoms with Crippen molar-refractivity contribution in [3.8, 4) is 0 Å². The molecule has 0 aliphatic heterocycles. The van der Waals surface area contributed by atoms with Crippen molar-refractivity contribution in [1.82, 2.24) is 4.90 Å². The maximum atomic E-state index is 10.2. The van der Waals surface area contributed by atoms with Crippen molar-refractivity contribution in [2.45, 2.75) is 6.54 Å². The molecule has 0 aromatic heterocycles. The van der Waals surface area contributed by atoms with E-state index in [9.17, 15) is 13.0 Å². The summed E-state index contributed by atoms with van der Waals surface area (Å²) in [6.07, 6.45) is 0. The molecule has 1 rings (SSSR count). The van der Waals surface area contributed by atoms with Crippen LogP contribution in [-0.2, 0) is 16.7 Å². The summed E-state index contributed by atoms with van der Waals surface area (Å²) in [7, 11) is 0.0456. The van der Waals surface area contributed by atoms with E-state index >= 15 is 0 Å². The molecule has 0 saturated carbocycles. The number of nitrogens with zero attached hydrogens (tertiary/aromatic N) is 2. The van der Waals surface area contributed by atoms with Crippen LogP contribution in [0.2, 0.25) is 0 Å². The fourth-order valence-corrected chi connectivity index (χ4v) is 2.77.